The fraction of sp³-hybridized carbons (Fsp3) is 0.571. The quantitative estimate of drug-likeness (QED) is 0.752. The van der Waals surface area contributed by atoms with Crippen molar-refractivity contribution in [3.05, 3.63) is 35.5 Å². The van der Waals surface area contributed by atoms with Gasteiger partial charge in [-0.25, -0.2) is 0 Å². The smallest absolute Gasteiger partial charge is 0.227 e. The Hall–Kier alpha value is -1.89. The van der Waals surface area contributed by atoms with Crippen LogP contribution in [-0.4, -0.2) is 63.0 Å². The van der Waals surface area contributed by atoms with Gasteiger partial charge in [0.1, 0.15) is 6.10 Å². The molecule has 1 aromatic heterocycles. The summed E-state index contributed by atoms with van der Waals surface area (Å²) in [4.78, 5) is 18.1. The number of ether oxygens (including phenoxy) is 1. The molecule has 3 heterocycles. The number of aliphatic hydroxyl groups is 2. The van der Waals surface area contributed by atoms with Gasteiger partial charge in [-0.3, -0.25) is 4.79 Å². The lowest BCUT2D eigenvalue weighted by Gasteiger charge is -2.49. The molecule has 2 aliphatic rings. The number of aliphatic hydroxyl groups excluding tert-OH is 1. The van der Waals surface area contributed by atoms with Gasteiger partial charge in [0, 0.05) is 36.1 Å². The van der Waals surface area contributed by atoms with Gasteiger partial charge >= 0.3 is 0 Å². The Balaban J connectivity index is 1.42. The monoisotopic (exact) mass is 372 g/mol. The van der Waals surface area contributed by atoms with Crippen molar-refractivity contribution in [3.8, 4) is 0 Å². The summed E-state index contributed by atoms with van der Waals surface area (Å²) in [6.45, 7) is 5.06. The van der Waals surface area contributed by atoms with Gasteiger partial charge in [0.15, 0.2) is 0 Å². The van der Waals surface area contributed by atoms with Crippen LogP contribution in [0.15, 0.2) is 24.3 Å². The summed E-state index contributed by atoms with van der Waals surface area (Å²) in [7, 11) is 0. The number of para-hydroxylation sites is 1. The Kier molecular flexibility index (Phi) is 4.53. The molecule has 6 heteroatoms. The Morgan fingerprint density at radius 2 is 2.04 bits per heavy atom. The van der Waals surface area contributed by atoms with E-state index in [0.717, 1.165) is 22.2 Å². The third-order valence-corrected chi connectivity index (χ3v) is 6.33. The summed E-state index contributed by atoms with van der Waals surface area (Å²) < 4.78 is 5.91. The molecule has 2 saturated heterocycles. The molecular formula is C21H28N2O4. The molecule has 146 valence electrons. The van der Waals surface area contributed by atoms with Gasteiger partial charge in [-0.05, 0) is 38.3 Å². The van der Waals surface area contributed by atoms with Gasteiger partial charge in [0.25, 0.3) is 0 Å². The average molecular weight is 372 g/mol. The molecule has 0 saturated carbocycles. The molecule has 0 aliphatic carbocycles. The van der Waals surface area contributed by atoms with E-state index in [2.05, 4.69) is 11.1 Å². The number of aryl methyl sites for hydroxylation is 1. The number of amides is 1. The van der Waals surface area contributed by atoms with Crippen molar-refractivity contribution < 1.29 is 19.7 Å². The van der Waals surface area contributed by atoms with Crippen molar-refractivity contribution in [2.24, 2.45) is 0 Å². The van der Waals surface area contributed by atoms with Crippen LogP contribution in [-0.2, 0) is 16.0 Å². The summed E-state index contributed by atoms with van der Waals surface area (Å²) in [6.07, 6.45) is 1.32. The molecule has 3 N–H and O–H groups in total. The minimum atomic E-state index is -1.13. The van der Waals surface area contributed by atoms with Gasteiger partial charge in [-0.1, -0.05) is 18.2 Å². The van der Waals surface area contributed by atoms with E-state index in [0.29, 0.717) is 38.8 Å². The fourth-order valence-corrected chi connectivity index (χ4v) is 4.57. The number of carbonyl (C=O) groups excluding carboxylic acids is 1. The SMILES string of the molecule is Cc1[nH]c2ccccc2c1CC(=O)N1CCC2(CC1)C[C@](C)(O)[C@@H](O)CO2. The van der Waals surface area contributed by atoms with Crippen LogP contribution in [0.25, 0.3) is 10.9 Å². The van der Waals surface area contributed by atoms with Crippen LogP contribution < -0.4 is 0 Å². The van der Waals surface area contributed by atoms with Gasteiger partial charge in [0.2, 0.25) is 5.91 Å². The number of nitrogens with one attached hydrogen (secondary N) is 1. The zero-order valence-corrected chi connectivity index (χ0v) is 16.0. The van der Waals surface area contributed by atoms with Crippen molar-refractivity contribution in [1.82, 2.24) is 9.88 Å². The molecule has 2 atom stereocenters. The number of aromatic nitrogens is 1. The molecule has 0 unspecified atom stereocenters. The van der Waals surface area contributed by atoms with Crippen molar-refractivity contribution in [2.75, 3.05) is 19.7 Å². The number of benzene rings is 1. The van der Waals surface area contributed by atoms with Gasteiger partial charge in [0.05, 0.1) is 24.2 Å². The van der Waals surface area contributed by atoms with E-state index >= 15 is 0 Å². The number of nitrogens with zero attached hydrogens (tertiary/aromatic N) is 1. The molecule has 2 aliphatic heterocycles. The summed E-state index contributed by atoms with van der Waals surface area (Å²) >= 11 is 0. The highest BCUT2D eigenvalue weighted by atomic mass is 16.5. The third-order valence-electron chi connectivity index (χ3n) is 6.33. The Labute approximate surface area is 159 Å². The van der Waals surface area contributed by atoms with Gasteiger partial charge in [-0.2, -0.15) is 0 Å². The predicted octanol–water partition coefficient (Wildman–Crippen LogP) is 1.91. The zero-order valence-electron chi connectivity index (χ0n) is 16.0. The largest absolute Gasteiger partial charge is 0.388 e. The lowest BCUT2D eigenvalue weighted by atomic mass is 9.76. The lowest BCUT2D eigenvalue weighted by molar-refractivity contribution is -0.222. The van der Waals surface area contributed by atoms with E-state index in [9.17, 15) is 15.0 Å². The molecule has 2 aromatic rings. The number of rotatable bonds is 2. The molecule has 2 fully saturated rings. The first-order valence-corrected chi connectivity index (χ1v) is 9.68. The van der Waals surface area contributed by atoms with Crippen molar-refractivity contribution in [3.63, 3.8) is 0 Å². The summed E-state index contributed by atoms with van der Waals surface area (Å²) in [5, 5.41) is 21.4. The molecule has 1 aromatic carbocycles. The summed E-state index contributed by atoms with van der Waals surface area (Å²) in [5.74, 6) is 0.125. The Bertz CT molecular complexity index is 849. The summed E-state index contributed by atoms with van der Waals surface area (Å²) in [6, 6.07) is 8.07. The van der Waals surface area contributed by atoms with Crippen molar-refractivity contribution >= 4 is 16.8 Å². The maximum Gasteiger partial charge on any atom is 0.227 e. The summed E-state index contributed by atoms with van der Waals surface area (Å²) in [5.41, 5.74) is 1.60. The first-order chi connectivity index (χ1) is 12.8. The number of carbonyl (C=O) groups is 1. The van der Waals surface area contributed by atoms with Crippen molar-refractivity contribution in [2.45, 2.75) is 56.8 Å². The van der Waals surface area contributed by atoms with E-state index in [1.54, 1.807) is 6.92 Å². The van der Waals surface area contributed by atoms with Gasteiger partial charge < -0.3 is 24.8 Å². The molecule has 1 amide bonds. The van der Waals surface area contributed by atoms with Gasteiger partial charge in [-0.15, -0.1) is 0 Å². The molecule has 4 rings (SSSR count). The first-order valence-electron chi connectivity index (χ1n) is 9.68. The highest BCUT2D eigenvalue weighted by Gasteiger charge is 2.48. The van der Waals surface area contributed by atoms with E-state index in [4.69, 9.17) is 4.74 Å². The van der Waals surface area contributed by atoms with Crippen LogP contribution in [0, 0.1) is 6.92 Å². The third kappa shape index (κ3) is 3.37. The number of H-pyrrole nitrogens is 1. The molecule has 0 bridgehead atoms. The molecule has 1 spiro atoms. The van der Waals surface area contributed by atoms with Crippen LogP contribution in [0.4, 0.5) is 0 Å². The fourth-order valence-electron chi connectivity index (χ4n) is 4.57. The zero-order chi connectivity index (χ0) is 19.2. The van der Waals surface area contributed by atoms with E-state index in [-0.39, 0.29) is 12.5 Å². The number of likely N-dealkylation sites (tertiary alicyclic amines) is 1. The maximum absolute atomic E-state index is 12.9. The maximum atomic E-state index is 12.9. The highest BCUT2D eigenvalue weighted by molar-refractivity contribution is 5.90. The lowest BCUT2D eigenvalue weighted by Crippen LogP contribution is -2.59. The number of aromatic amines is 1. The number of fused-ring (bicyclic) bond motifs is 1. The predicted molar refractivity (Wildman–Crippen MR) is 102 cm³/mol. The second kappa shape index (κ2) is 6.62. The Morgan fingerprint density at radius 3 is 2.74 bits per heavy atom. The standard InChI is InChI=1S/C21H28N2O4/c1-14-16(15-5-3-4-6-17(15)22-14)11-19(25)23-9-7-21(8-10-23)13-20(2,26)18(24)12-27-21/h3-6,18,22,24,26H,7-13H2,1-2H3/t18-,20-/m0/s1. The first kappa shape index (κ1) is 18.5. The van der Waals surface area contributed by atoms with Crippen LogP contribution in [0.2, 0.25) is 0 Å². The second-order valence-electron chi connectivity index (χ2n) is 8.38. The number of piperidine rings is 1. The van der Waals surface area contributed by atoms with E-state index in [1.165, 1.54) is 0 Å². The van der Waals surface area contributed by atoms with Crippen LogP contribution in [0.5, 0.6) is 0 Å². The Morgan fingerprint density at radius 1 is 1.33 bits per heavy atom. The number of hydrogen-bond acceptors (Lipinski definition) is 4. The second-order valence-corrected chi connectivity index (χ2v) is 8.38. The van der Waals surface area contributed by atoms with E-state index < -0.39 is 17.3 Å². The van der Waals surface area contributed by atoms with Crippen LogP contribution >= 0.6 is 0 Å². The molecule has 0 radical (unpaired) electrons. The minimum Gasteiger partial charge on any atom is -0.388 e. The minimum absolute atomic E-state index is 0.125. The molecular weight excluding hydrogens is 344 g/mol. The number of hydrogen-bond donors (Lipinski definition) is 3. The normalized spacial score (nSPS) is 28.0. The van der Waals surface area contributed by atoms with Crippen LogP contribution in [0.1, 0.15) is 37.4 Å². The van der Waals surface area contributed by atoms with Crippen LogP contribution in [0.3, 0.4) is 0 Å². The van der Waals surface area contributed by atoms with E-state index in [1.807, 2.05) is 30.0 Å². The van der Waals surface area contributed by atoms with Crippen molar-refractivity contribution in [1.29, 1.82) is 0 Å². The average Bonchev–Trinajstić information content (AvgIpc) is 2.94. The molecule has 27 heavy (non-hydrogen) atoms. The molecule has 6 nitrogen and oxygen atoms in total. The highest BCUT2D eigenvalue weighted by Crippen LogP contribution is 2.39. The topological polar surface area (TPSA) is 85.8 Å².